The Balaban J connectivity index is 2.26. The van der Waals surface area contributed by atoms with Crippen molar-refractivity contribution in [2.24, 2.45) is 0 Å². The summed E-state index contributed by atoms with van der Waals surface area (Å²) in [5, 5.41) is 22.2. The summed E-state index contributed by atoms with van der Waals surface area (Å²) in [4.78, 5) is 25.6. The van der Waals surface area contributed by atoms with E-state index in [1.165, 1.54) is 12.1 Å². The maximum atomic E-state index is 14.1. The monoisotopic (exact) mass is 445 g/mol. The molecule has 0 unspecified atom stereocenters. The maximum absolute atomic E-state index is 14.1. The lowest BCUT2D eigenvalue weighted by Gasteiger charge is -2.15. The van der Waals surface area contributed by atoms with Gasteiger partial charge in [-0.2, -0.15) is 9.37 Å². The average molecular weight is 446 g/mol. The van der Waals surface area contributed by atoms with Gasteiger partial charge in [-0.3, -0.25) is 4.79 Å². The molecule has 0 spiro atoms. The van der Waals surface area contributed by atoms with Gasteiger partial charge in [-0.05, 0) is 24.1 Å². The SMILES string of the molecule is CC(C)c1cc(Oc2c(Cl)c(F)nc(NCC(=O)CNC(=O)O)c2Cl)ccc1O. The largest absolute Gasteiger partial charge is 0.508 e. The number of phenols is 1. The quantitative estimate of drug-likeness (QED) is 0.444. The van der Waals surface area contributed by atoms with E-state index in [9.17, 15) is 19.1 Å². The summed E-state index contributed by atoms with van der Waals surface area (Å²) in [5.41, 5.74) is 0.610. The summed E-state index contributed by atoms with van der Waals surface area (Å²) in [6, 6.07) is 4.46. The van der Waals surface area contributed by atoms with Crippen LogP contribution >= 0.6 is 23.2 Å². The fourth-order valence-electron chi connectivity index (χ4n) is 2.30. The van der Waals surface area contributed by atoms with Crippen molar-refractivity contribution in [3.05, 3.63) is 39.8 Å². The lowest BCUT2D eigenvalue weighted by molar-refractivity contribution is -0.116. The lowest BCUT2D eigenvalue weighted by atomic mass is 10.0. The fraction of sp³-hybridized carbons (Fsp3) is 0.278. The number of ketones is 1. The number of carbonyl (C=O) groups is 2. The molecular formula is C18H18Cl2FN3O5. The van der Waals surface area contributed by atoms with Crippen LogP contribution in [0.25, 0.3) is 0 Å². The summed E-state index contributed by atoms with van der Waals surface area (Å²) < 4.78 is 19.8. The van der Waals surface area contributed by atoms with Crippen LogP contribution in [0.15, 0.2) is 18.2 Å². The van der Waals surface area contributed by atoms with Gasteiger partial charge in [0.25, 0.3) is 0 Å². The number of nitrogens with zero attached hydrogens (tertiary/aromatic N) is 1. The van der Waals surface area contributed by atoms with Crippen LogP contribution in [-0.2, 0) is 4.79 Å². The molecule has 29 heavy (non-hydrogen) atoms. The number of hydrogen-bond acceptors (Lipinski definition) is 6. The molecule has 0 saturated carbocycles. The number of amides is 1. The van der Waals surface area contributed by atoms with Crippen LogP contribution in [0.5, 0.6) is 17.2 Å². The summed E-state index contributed by atoms with van der Waals surface area (Å²) >= 11 is 12.1. The lowest BCUT2D eigenvalue weighted by Crippen LogP contribution is -2.31. The molecule has 4 N–H and O–H groups in total. The van der Waals surface area contributed by atoms with Crippen molar-refractivity contribution in [1.82, 2.24) is 10.3 Å². The van der Waals surface area contributed by atoms with Crippen molar-refractivity contribution >= 4 is 40.9 Å². The zero-order valence-electron chi connectivity index (χ0n) is 15.4. The number of rotatable bonds is 8. The molecular weight excluding hydrogens is 428 g/mol. The number of nitrogens with one attached hydrogen (secondary N) is 2. The Morgan fingerprint density at radius 2 is 1.93 bits per heavy atom. The van der Waals surface area contributed by atoms with Crippen LogP contribution in [-0.4, -0.2) is 40.2 Å². The van der Waals surface area contributed by atoms with E-state index in [-0.39, 0.29) is 40.6 Å². The zero-order valence-corrected chi connectivity index (χ0v) is 16.9. The molecule has 0 aliphatic rings. The fourth-order valence-corrected chi connectivity index (χ4v) is 2.76. The van der Waals surface area contributed by atoms with E-state index < -0.39 is 29.4 Å². The first-order valence-corrected chi connectivity index (χ1v) is 9.13. The van der Waals surface area contributed by atoms with E-state index in [0.717, 1.165) is 0 Å². The van der Waals surface area contributed by atoms with Gasteiger partial charge in [0, 0.05) is 5.56 Å². The minimum Gasteiger partial charge on any atom is -0.508 e. The molecule has 1 aromatic heterocycles. The Morgan fingerprint density at radius 3 is 2.55 bits per heavy atom. The van der Waals surface area contributed by atoms with Gasteiger partial charge in [0.05, 0.1) is 13.1 Å². The molecule has 2 rings (SSSR count). The normalized spacial score (nSPS) is 10.7. The molecule has 8 nitrogen and oxygen atoms in total. The Morgan fingerprint density at radius 1 is 1.24 bits per heavy atom. The molecule has 0 saturated heterocycles. The number of phenolic OH excluding ortho intramolecular Hbond substituents is 1. The minimum absolute atomic E-state index is 0.00122. The summed E-state index contributed by atoms with van der Waals surface area (Å²) in [7, 11) is 0. The molecule has 0 atom stereocenters. The third-order valence-corrected chi connectivity index (χ3v) is 4.41. The van der Waals surface area contributed by atoms with Crippen molar-refractivity contribution in [1.29, 1.82) is 0 Å². The number of anilines is 1. The number of aromatic nitrogens is 1. The molecule has 0 aliphatic heterocycles. The summed E-state index contributed by atoms with van der Waals surface area (Å²) in [6.45, 7) is 2.96. The van der Waals surface area contributed by atoms with Crippen molar-refractivity contribution in [2.75, 3.05) is 18.4 Å². The number of ether oxygens (including phenoxy) is 1. The van der Waals surface area contributed by atoms with Crippen LogP contribution in [0.3, 0.4) is 0 Å². The molecule has 1 aromatic carbocycles. The Bertz CT molecular complexity index is 940. The van der Waals surface area contributed by atoms with Crippen LogP contribution in [0, 0.1) is 5.95 Å². The van der Waals surface area contributed by atoms with Gasteiger partial charge in [0.1, 0.15) is 21.5 Å². The molecule has 1 amide bonds. The first kappa shape index (κ1) is 22.5. The second-order valence-corrected chi connectivity index (χ2v) is 6.99. The van der Waals surface area contributed by atoms with Crippen molar-refractivity contribution in [3.8, 4) is 17.2 Å². The van der Waals surface area contributed by atoms with Crippen LogP contribution in [0.2, 0.25) is 10.0 Å². The molecule has 0 radical (unpaired) electrons. The number of carboxylic acid groups (broad SMARTS) is 1. The number of carbonyl (C=O) groups excluding carboxylic acids is 1. The second-order valence-electron chi connectivity index (χ2n) is 6.24. The highest BCUT2D eigenvalue weighted by molar-refractivity contribution is 6.38. The molecule has 1 heterocycles. The highest BCUT2D eigenvalue weighted by Gasteiger charge is 2.21. The standard InChI is InChI=1S/C18H18Cl2FN3O5/c1-8(2)11-5-10(3-4-12(11)26)29-15-13(19)16(21)24-17(14(15)20)22-6-9(25)7-23-18(27)28/h3-5,8,23,26H,6-7H2,1-2H3,(H,22,24)(H,27,28). The molecule has 0 bridgehead atoms. The molecule has 0 fully saturated rings. The number of pyridine rings is 1. The van der Waals surface area contributed by atoms with Gasteiger partial charge in [-0.15, -0.1) is 0 Å². The smallest absolute Gasteiger partial charge is 0.405 e. The first-order valence-electron chi connectivity index (χ1n) is 8.37. The van der Waals surface area contributed by atoms with Crippen LogP contribution < -0.4 is 15.4 Å². The van der Waals surface area contributed by atoms with Gasteiger partial charge >= 0.3 is 6.09 Å². The number of halogens is 3. The van der Waals surface area contributed by atoms with E-state index in [4.69, 9.17) is 33.0 Å². The van der Waals surface area contributed by atoms with Crippen LogP contribution in [0.1, 0.15) is 25.3 Å². The summed E-state index contributed by atoms with van der Waals surface area (Å²) in [6.07, 6.45) is -1.35. The van der Waals surface area contributed by atoms with Gasteiger partial charge < -0.3 is 25.6 Å². The van der Waals surface area contributed by atoms with E-state index in [1.807, 2.05) is 19.2 Å². The number of benzene rings is 1. The number of Topliss-reactive ketones (excluding diaryl/α,β-unsaturated/α-hetero) is 1. The van der Waals surface area contributed by atoms with Gasteiger partial charge in [0.15, 0.2) is 17.4 Å². The highest BCUT2D eigenvalue weighted by atomic mass is 35.5. The highest BCUT2D eigenvalue weighted by Crippen LogP contribution is 2.42. The third-order valence-electron chi connectivity index (χ3n) is 3.73. The Labute approximate surface area is 175 Å². The molecule has 0 aliphatic carbocycles. The average Bonchev–Trinajstić information content (AvgIpc) is 2.66. The maximum Gasteiger partial charge on any atom is 0.405 e. The first-order chi connectivity index (χ1) is 13.6. The zero-order chi connectivity index (χ0) is 21.7. The topological polar surface area (TPSA) is 121 Å². The number of aromatic hydroxyl groups is 1. The number of hydrogen-bond donors (Lipinski definition) is 4. The van der Waals surface area contributed by atoms with E-state index in [0.29, 0.717) is 5.56 Å². The molecule has 2 aromatic rings. The second kappa shape index (κ2) is 9.62. The van der Waals surface area contributed by atoms with Gasteiger partial charge in [0.2, 0.25) is 5.95 Å². The minimum atomic E-state index is -1.35. The predicted octanol–water partition coefficient (Wildman–Crippen LogP) is 4.40. The Hall–Kier alpha value is -2.78. The van der Waals surface area contributed by atoms with Gasteiger partial charge in [-0.25, -0.2) is 4.79 Å². The van der Waals surface area contributed by atoms with Crippen molar-refractivity contribution in [3.63, 3.8) is 0 Å². The van der Waals surface area contributed by atoms with E-state index >= 15 is 0 Å². The summed E-state index contributed by atoms with van der Waals surface area (Å²) in [5.74, 6) is -1.68. The van der Waals surface area contributed by atoms with Crippen molar-refractivity contribution < 1.29 is 28.9 Å². The van der Waals surface area contributed by atoms with Crippen molar-refractivity contribution in [2.45, 2.75) is 19.8 Å². The van der Waals surface area contributed by atoms with E-state index in [2.05, 4.69) is 10.3 Å². The predicted molar refractivity (Wildman–Crippen MR) is 106 cm³/mol. The van der Waals surface area contributed by atoms with Crippen LogP contribution in [0.4, 0.5) is 15.0 Å². The molecule has 156 valence electrons. The Kier molecular flexibility index (Phi) is 7.46. The third kappa shape index (κ3) is 5.85. The molecule has 11 heteroatoms. The van der Waals surface area contributed by atoms with E-state index in [1.54, 1.807) is 6.07 Å². The van der Waals surface area contributed by atoms with Gasteiger partial charge in [-0.1, -0.05) is 37.0 Å².